The second-order valence-electron chi connectivity index (χ2n) is 7.56. The molecule has 1 fully saturated rings. The smallest absolute Gasteiger partial charge is 0.166 e. The van der Waals surface area contributed by atoms with Gasteiger partial charge in [-0.05, 0) is 42.7 Å². The van der Waals surface area contributed by atoms with Gasteiger partial charge in [0.1, 0.15) is 17.9 Å². The van der Waals surface area contributed by atoms with E-state index < -0.39 is 0 Å². The van der Waals surface area contributed by atoms with Crippen LogP contribution in [0.25, 0.3) is 32.2 Å². The zero-order valence-electron chi connectivity index (χ0n) is 16.5. The Morgan fingerprint density at radius 3 is 2.84 bits per heavy atom. The maximum atomic E-state index is 15.0. The van der Waals surface area contributed by atoms with Crippen LogP contribution in [-0.4, -0.2) is 30.8 Å². The second kappa shape index (κ2) is 6.98. The number of fused-ring (bicyclic) bond motifs is 2. The van der Waals surface area contributed by atoms with Gasteiger partial charge in [-0.15, -0.1) is 11.3 Å². The van der Waals surface area contributed by atoms with Crippen molar-refractivity contribution in [2.24, 2.45) is 7.05 Å². The Kier molecular flexibility index (Phi) is 4.10. The molecule has 0 amide bonds. The van der Waals surface area contributed by atoms with Gasteiger partial charge in [-0.3, -0.25) is 4.68 Å². The largest absolute Gasteiger partial charge is 0.490 e. The van der Waals surface area contributed by atoms with Gasteiger partial charge in [0.15, 0.2) is 5.82 Å². The molecule has 3 heterocycles. The molecule has 5 aromatic rings. The topological polar surface area (TPSA) is 77.8 Å². The average molecular weight is 432 g/mol. The molecule has 1 N–H and O–H groups in total. The van der Waals surface area contributed by atoms with Crippen LogP contribution < -0.4 is 10.1 Å². The van der Waals surface area contributed by atoms with Crippen molar-refractivity contribution in [2.45, 2.75) is 18.9 Å². The number of anilines is 2. The molecule has 9 heteroatoms. The number of nitrogens with zero attached hydrogens (tertiary/aromatic N) is 5. The molecule has 0 saturated heterocycles. The molecule has 0 aliphatic heterocycles. The standard InChI is InChI=1S/C22H17FN6OS/c1-29-9-13(8-27-29)12-6-17-19(18(7-12)30-14-2-3-14)22(25-10-24-17)28-15-4-5-16-21(20(15)23)31-11-26-16/h4-11,14H,2-3H2,1H3,(H,24,25,28). The summed E-state index contributed by atoms with van der Waals surface area (Å²) >= 11 is 1.27. The van der Waals surface area contributed by atoms with Crippen LogP contribution in [0.4, 0.5) is 15.9 Å². The minimum Gasteiger partial charge on any atom is -0.490 e. The van der Waals surface area contributed by atoms with E-state index in [2.05, 4.69) is 25.4 Å². The van der Waals surface area contributed by atoms with Gasteiger partial charge in [0.2, 0.25) is 0 Å². The van der Waals surface area contributed by atoms with Crippen LogP contribution in [-0.2, 0) is 7.05 Å². The Bertz CT molecular complexity index is 1440. The normalized spacial score (nSPS) is 13.7. The molecular formula is C22H17FN6OS. The van der Waals surface area contributed by atoms with Crippen LogP contribution in [0.3, 0.4) is 0 Å². The summed E-state index contributed by atoms with van der Waals surface area (Å²) in [4.78, 5) is 13.0. The van der Waals surface area contributed by atoms with Gasteiger partial charge in [-0.1, -0.05) is 0 Å². The second-order valence-corrected chi connectivity index (χ2v) is 8.42. The van der Waals surface area contributed by atoms with E-state index in [9.17, 15) is 0 Å². The number of benzene rings is 2. The SMILES string of the molecule is Cn1cc(-c2cc(OC3CC3)c3c(Nc4ccc5ncsc5c4F)ncnc3c2)cn1. The van der Waals surface area contributed by atoms with Crippen molar-refractivity contribution in [2.75, 3.05) is 5.32 Å². The molecular weight excluding hydrogens is 415 g/mol. The molecule has 7 nitrogen and oxygen atoms in total. The van der Waals surface area contributed by atoms with E-state index in [0.717, 1.165) is 29.4 Å². The first kappa shape index (κ1) is 18.2. The summed E-state index contributed by atoms with van der Waals surface area (Å²) in [6, 6.07) is 7.43. The summed E-state index contributed by atoms with van der Waals surface area (Å²) in [5.41, 5.74) is 5.26. The molecule has 0 atom stereocenters. The fourth-order valence-electron chi connectivity index (χ4n) is 3.56. The molecule has 0 unspecified atom stereocenters. The lowest BCUT2D eigenvalue weighted by molar-refractivity contribution is 0.307. The predicted molar refractivity (Wildman–Crippen MR) is 118 cm³/mol. The Balaban J connectivity index is 1.50. The molecule has 1 aliphatic carbocycles. The summed E-state index contributed by atoms with van der Waals surface area (Å²) in [7, 11) is 1.88. The highest BCUT2D eigenvalue weighted by atomic mass is 32.1. The molecule has 0 radical (unpaired) electrons. The fourth-order valence-corrected chi connectivity index (χ4v) is 4.29. The quantitative estimate of drug-likeness (QED) is 0.418. The minimum atomic E-state index is -0.344. The van der Waals surface area contributed by atoms with Gasteiger partial charge in [-0.2, -0.15) is 5.10 Å². The summed E-state index contributed by atoms with van der Waals surface area (Å²) in [5, 5.41) is 8.14. The van der Waals surface area contributed by atoms with Crippen LogP contribution in [0, 0.1) is 5.82 Å². The van der Waals surface area contributed by atoms with Gasteiger partial charge in [0.25, 0.3) is 0 Å². The summed E-state index contributed by atoms with van der Waals surface area (Å²) < 4.78 is 23.5. The monoisotopic (exact) mass is 432 g/mol. The van der Waals surface area contributed by atoms with E-state index in [-0.39, 0.29) is 11.9 Å². The average Bonchev–Trinajstić information content (AvgIpc) is 3.26. The molecule has 0 spiro atoms. The summed E-state index contributed by atoms with van der Waals surface area (Å²) in [6.07, 6.45) is 7.45. The van der Waals surface area contributed by atoms with E-state index in [4.69, 9.17) is 4.74 Å². The third-order valence-corrected chi connectivity index (χ3v) is 6.08. The van der Waals surface area contributed by atoms with Crippen LogP contribution in [0.5, 0.6) is 5.75 Å². The highest BCUT2D eigenvalue weighted by Crippen LogP contribution is 2.39. The molecule has 31 heavy (non-hydrogen) atoms. The number of hydrogen-bond acceptors (Lipinski definition) is 7. The van der Waals surface area contributed by atoms with Crippen LogP contribution >= 0.6 is 11.3 Å². The maximum Gasteiger partial charge on any atom is 0.166 e. The third-order valence-electron chi connectivity index (χ3n) is 5.25. The molecule has 1 aliphatic rings. The van der Waals surface area contributed by atoms with Gasteiger partial charge in [-0.25, -0.2) is 19.3 Å². The molecule has 2 aromatic carbocycles. The lowest BCUT2D eigenvalue weighted by atomic mass is 10.1. The van der Waals surface area contributed by atoms with Gasteiger partial charge in [0, 0.05) is 18.8 Å². The van der Waals surface area contributed by atoms with Crippen molar-refractivity contribution >= 4 is 44.0 Å². The third kappa shape index (κ3) is 3.27. The number of halogens is 1. The van der Waals surface area contributed by atoms with Crippen molar-refractivity contribution in [3.8, 4) is 16.9 Å². The number of aromatic nitrogens is 5. The molecule has 3 aromatic heterocycles. The van der Waals surface area contributed by atoms with E-state index >= 15 is 4.39 Å². The van der Waals surface area contributed by atoms with Crippen molar-refractivity contribution < 1.29 is 9.13 Å². The van der Waals surface area contributed by atoms with Crippen LogP contribution in [0.15, 0.2) is 48.5 Å². The number of nitrogens with one attached hydrogen (secondary N) is 1. The highest BCUT2D eigenvalue weighted by molar-refractivity contribution is 7.16. The zero-order valence-corrected chi connectivity index (χ0v) is 17.4. The summed E-state index contributed by atoms with van der Waals surface area (Å²) in [6.45, 7) is 0. The molecule has 0 bridgehead atoms. The summed E-state index contributed by atoms with van der Waals surface area (Å²) in [5.74, 6) is 0.839. The molecule has 6 rings (SSSR count). The number of hydrogen-bond donors (Lipinski definition) is 1. The number of ether oxygens (including phenoxy) is 1. The Morgan fingerprint density at radius 2 is 2.03 bits per heavy atom. The first-order valence-electron chi connectivity index (χ1n) is 9.89. The van der Waals surface area contributed by atoms with Crippen molar-refractivity contribution in [1.29, 1.82) is 0 Å². The van der Waals surface area contributed by atoms with E-state index in [1.165, 1.54) is 17.7 Å². The molecule has 1 saturated carbocycles. The van der Waals surface area contributed by atoms with Crippen molar-refractivity contribution in [3.63, 3.8) is 0 Å². The Hall–Kier alpha value is -3.59. The van der Waals surface area contributed by atoms with Crippen LogP contribution in [0.2, 0.25) is 0 Å². The Morgan fingerprint density at radius 1 is 1.13 bits per heavy atom. The van der Waals surface area contributed by atoms with Gasteiger partial charge < -0.3 is 10.1 Å². The van der Waals surface area contributed by atoms with Crippen molar-refractivity contribution in [1.82, 2.24) is 24.7 Å². The first-order valence-corrected chi connectivity index (χ1v) is 10.8. The highest BCUT2D eigenvalue weighted by Gasteiger charge is 2.26. The fraction of sp³-hybridized carbons (Fsp3) is 0.182. The van der Waals surface area contributed by atoms with E-state index in [0.29, 0.717) is 33.0 Å². The molecule has 154 valence electrons. The predicted octanol–water partition coefficient (Wildman–Crippen LogP) is 5.06. The lowest BCUT2D eigenvalue weighted by Crippen LogP contribution is -2.02. The number of rotatable bonds is 5. The van der Waals surface area contributed by atoms with Gasteiger partial charge in [0.05, 0.1) is 44.6 Å². The van der Waals surface area contributed by atoms with Crippen molar-refractivity contribution in [3.05, 3.63) is 54.3 Å². The minimum absolute atomic E-state index is 0.186. The first-order chi connectivity index (χ1) is 15.2. The van der Waals surface area contributed by atoms with Crippen LogP contribution in [0.1, 0.15) is 12.8 Å². The lowest BCUT2D eigenvalue weighted by Gasteiger charge is -2.15. The maximum absolute atomic E-state index is 15.0. The van der Waals surface area contributed by atoms with E-state index in [1.54, 1.807) is 22.3 Å². The van der Waals surface area contributed by atoms with Gasteiger partial charge >= 0.3 is 0 Å². The number of aryl methyl sites for hydroxylation is 1. The Labute approximate surface area is 180 Å². The number of thiazole rings is 1. The zero-order chi connectivity index (χ0) is 20.9. The van der Waals surface area contributed by atoms with E-state index in [1.807, 2.05) is 31.6 Å².